The first-order valence-corrected chi connectivity index (χ1v) is 6.52. The number of hydrogen-bond donors (Lipinski definition) is 2. The summed E-state index contributed by atoms with van der Waals surface area (Å²) in [5.74, 6) is 0.111. The van der Waals surface area contributed by atoms with Crippen LogP contribution in [0.5, 0.6) is 0 Å². The van der Waals surface area contributed by atoms with Crippen LogP contribution in [0.1, 0.15) is 12.0 Å². The number of nitrogens with one attached hydrogen (secondary N) is 2. The van der Waals surface area contributed by atoms with Crippen LogP contribution in [-0.4, -0.2) is 38.5 Å². The Morgan fingerprint density at radius 2 is 2.11 bits per heavy atom. The van der Waals surface area contributed by atoms with Crippen molar-refractivity contribution < 1.29 is 9.59 Å². The molecule has 0 atom stereocenters. The molecule has 2 amide bonds. The largest absolute Gasteiger partial charge is 0.354 e. The van der Waals surface area contributed by atoms with Gasteiger partial charge in [0.1, 0.15) is 0 Å². The van der Waals surface area contributed by atoms with Gasteiger partial charge in [-0.15, -0.1) is 0 Å². The third-order valence-corrected chi connectivity index (χ3v) is 3.18. The molecule has 0 aromatic heterocycles. The second-order valence-corrected chi connectivity index (χ2v) is 4.55. The minimum absolute atomic E-state index is 0.00859. The molecule has 0 unspecified atom stereocenters. The lowest BCUT2D eigenvalue weighted by Gasteiger charge is -2.17. The number of nitrogens with zero attached hydrogens (tertiary/aromatic N) is 1. The lowest BCUT2D eigenvalue weighted by Crippen LogP contribution is -2.37. The van der Waals surface area contributed by atoms with Gasteiger partial charge in [0.25, 0.3) is 0 Å². The van der Waals surface area contributed by atoms with Crippen molar-refractivity contribution in [2.45, 2.75) is 12.8 Å². The standard InChI is InChI=1S/C14H19N3O2/c1-15-7-6-13(18)16-8-9-17-12-5-3-2-4-11(12)10-14(17)19/h2-5,15H,6-10H2,1H3,(H,16,18). The molecular weight excluding hydrogens is 242 g/mol. The number of benzene rings is 1. The van der Waals surface area contributed by atoms with Crippen LogP contribution in [0.15, 0.2) is 24.3 Å². The van der Waals surface area contributed by atoms with Gasteiger partial charge >= 0.3 is 0 Å². The molecule has 19 heavy (non-hydrogen) atoms. The molecule has 0 fully saturated rings. The molecule has 0 spiro atoms. The van der Waals surface area contributed by atoms with Crippen LogP contribution >= 0.6 is 0 Å². The first-order valence-electron chi connectivity index (χ1n) is 6.52. The van der Waals surface area contributed by atoms with Crippen molar-refractivity contribution in [1.82, 2.24) is 10.6 Å². The van der Waals surface area contributed by atoms with Crippen LogP contribution in [0, 0.1) is 0 Å². The van der Waals surface area contributed by atoms with Crippen LogP contribution in [0.2, 0.25) is 0 Å². The molecule has 0 saturated heterocycles. The fourth-order valence-electron chi connectivity index (χ4n) is 2.20. The predicted octanol–water partition coefficient (Wildman–Crippen LogP) is 0.301. The maximum atomic E-state index is 11.9. The van der Waals surface area contributed by atoms with E-state index in [1.807, 2.05) is 31.3 Å². The smallest absolute Gasteiger partial charge is 0.231 e. The van der Waals surface area contributed by atoms with Crippen molar-refractivity contribution in [2.75, 3.05) is 31.6 Å². The van der Waals surface area contributed by atoms with Gasteiger partial charge in [-0.1, -0.05) is 18.2 Å². The summed E-state index contributed by atoms with van der Waals surface area (Å²) in [7, 11) is 1.81. The number of amides is 2. The summed E-state index contributed by atoms with van der Waals surface area (Å²) in [4.78, 5) is 25.1. The molecule has 1 aromatic carbocycles. The summed E-state index contributed by atoms with van der Waals surface area (Å²) in [6, 6.07) is 7.78. The number of rotatable bonds is 6. The van der Waals surface area contributed by atoms with Crippen LogP contribution in [-0.2, 0) is 16.0 Å². The molecule has 5 nitrogen and oxygen atoms in total. The van der Waals surface area contributed by atoms with Gasteiger partial charge in [-0.2, -0.15) is 0 Å². The number of carbonyl (C=O) groups is 2. The van der Waals surface area contributed by atoms with E-state index in [1.165, 1.54) is 0 Å². The Hall–Kier alpha value is -1.88. The SMILES string of the molecule is CNCCC(=O)NCCN1C(=O)Cc2ccccc21. The molecule has 2 N–H and O–H groups in total. The Balaban J connectivity index is 1.83. The monoisotopic (exact) mass is 261 g/mol. The Morgan fingerprint density at radius 3 is 2.89 bits per heavy atom. The molecule has 2 rings (SSSR count). The first kappa shape index (κ1) is 13.5. The average molecular weight is 261 g/mol. The predicted molar refractivity (Wildman–Crippen MR) is 74.1 cm³/mol. The van der Waals surface area contributed by atoms with E-state index in [4.69, 9.17) is 0 Å². The molecule has 0 radical (unpaired) electrons. The fraction of sp³-hybridized carbons (Fsp3) is 0.429. The van der Waals surface area contributed by atoms with Crippen molar-refractivity contribution in [3.63, 3.8) is 0 Å². The van der Waals surface area contributed by atoms with Gasteiger partial charge in [-0.3, -0.25) is 9.59 Å². The quantitative estimate of drug-likeness (QED) is 0.774. The van der Waals surface area contributed by atoms with E-state index in [9.17, 15) is 9.59 Å². The van der Waals surface area contributed by atoms with E-state index in [2.05, 4.69) is 10.6 Å². The lowest BCUT2D eigenvalue weighted by molar-refractivity contribution is -0.121. The number of anilines is 1. The first-order chi connectivity index (χ1) is 9.22. The summed E-state index contributed by atoms with van der Waals surface area (Å²) >= 11 is 0. The van der Waals surface area contributed by atoms with Gasteiger partial charge < -0.3 is 15.5 Å². The highest BCUT2D eigenvalue weighted by atomic mass is 16.2. The highest BCUT2D eigenvalue weighted by Crippen LogP contribution is 2.27. The Morgan fingerprint density at radius 1 is 1.32 bits per heavy atom. The third kappa shape index (κ3) is 3.32. The van der Waals surface area contributed by atoms with E-state index in [0.717, 1.165) is 11.3 Å². The van der Waals surface area contributed by atoms with Crippen LogP contribution < -0.4 is 15.5 Å². The normalized spacial score (nSPS) is 13.5. The fourth-order valence-corrected chi connectivity index (χ4v) is 2.20. The third-order valence-electron chi connectivity index (χ3n) is 3.18. The van der Waals surface area contributed by atoms with Crippen LogP contribution in [0.3, 0.4) is 0 Å². The molecule has 1 aromatic rings. The van der Waals surface area contributed by atoms with Crippen molar-refractivity contribution in [2.24, 2.45) is 0 Å². The second-order valence-electron chi connectivity index (χ2n) is 4.55. The maximum Gasteiger partial charge on any atom is 0.231 e. The Kier molecular flexibility index (Phi) is 4.52. The number of hydrogen-bond acceptors (Lipinski definition) is 3. The zero-order valence-electron chi connectivity index (χ0n) is 11.1. The summed E-state index contributed by atoms with van der Waals surface area (Å²) in [6.07, 6.45) is 0.922. The topological polar surface area (TPSA) is 61.4 Å². The summed E-state index contributed by atoms with van der Waals surface area (Å²) < 4.78 is 0. The van der Waals surface area contributed by atoms with E-state index < -0.39 is 0 Å². The number of para-hydroxylation sites is 1. The van der Waals surface area contributed by atoms with Gasteiger partial charge in [0.15, 0.2) is 0 Å². The molecule has 102 valence electrons. The van der Waals surface area contributed by atoms with E-state index in [0.29, 0.717) is 32.5 Å². The molecular formula is C14H19N3O2. The Labute approximate surface area is 113 Å². The van der Waals surface area contributed by atoms with Gasteiger partial charge in [0, 0.05) is 31.7 Å². The molecule has 1 heterocycles. The Bertz CT molecular complexity index is 474. The van der Waals surface area contributed by atoms with Gasteiger partial charge in [0.05, 0.1) is 6.42 Å². The van der Waals surface area contributed by atoms with E-state index >= 15 is 0 Å². The minimum Gasteiger partial charge on any atom is -0.354 e. The highest BCUT2D eigenvalue weighted by Gasteiger charge is 2.25. The van der Waals surface area contributed by atoms with Gasteiger partial charge in [-0.25, -0.2) is 0 Å². The number of carbonyl (C=O) groups excluding carboxylic acids is 2. The zero-order chi connectivity index (χ0) is 13.7. The number of fused-ring (bicyclic) bond motifs is 1. The van der Waals surface area contributed by atoms with Gasteiger partial charge in [-0.05, 0) is 18.7 Å². The van der Waals surface area contributed by atoms with Crippen molar-refractivity contribution in [1.29, 1.82) is 0 Å². The average Bonchev–Trinajstić information content (AvgIpc) is 2.73. The molecule has 5 heteroatoms. The molecule has 0 bridgehead atoms. The van der Waals surface area contributed by atoms with Crippen molar-refractivity contribution >= 4 is 17.5 Å². The molecule has 0 aliphatic carbocycles. The highest BCUT2D eigenvalue weighted by molar-refractivity contribution is 6.01. The summed E-state index contributed by atoms with van der Waals surface area (Å²) in [5.41, 5.74) is 2.03. The zero-order valence-corrected chi connectivity index (χ0v) is 11.1. The summed E-state index contributed by atoms with van der Waals surface area (Å²) in [6.45, 7) is 1.68. The molecule has 0 saturated carbocycles. The van der Waals surface area contributed by atoms with Crippen molar-refractivity contribution in [3.8, 4) is 0 Å². The van der Waals surface area contributed by atoms with Gasteiger partial charge in [0.2, 0.25) is 11.8 Å². The minimum atomic E-state index is 0.00859. The van der Waals surface area contributed by atoms with E-state index in [1.54, 1.807) is 4.90 Å². The van der Waals surface area contributed by atoms with E-state index in [-0.39, 0.29) is 11.8 Å². The summed E-state index contributed by atoms with van der Waals surface area (Å²) in [5, 5.41) is 5.75. The maximum absolute atomic E-state index is 11.9. The molecule has 1 aliphatic heterocycles. The van der Waals surface area contributed by atoms with Crippen LogP contribution in [0.25, 0.3) is 0 Å². The second kappa shape index (κ2) is 6.33. The van der Waals surface area contributed by atoms with Crippen molar-refractivity contribution in [3.05, 3.63) is 29.8 Å². The molecule has 1 aliphatic rings. The van der Waals surface area contributed by atoms with Crippen LogP contribution in [0.4, 0.5) is 5.69 Å². The lowest BCUT2D eigenvalue weighted by atomic mass is 10.2.